The maximum Gasteiger partial charge on any atom is 0.259 e. The van der Waals surface area contributed by atoms with Crippen LogP contribution in [0.2, 0.25) is 0 Å². The van der Waals surface area contributed by atoms with Crippen LogP contribution < -0.4 is 20.2 Å². The zero-order valence-electron chi connectivity index (χ0n) is 16.5. The molecule has 0 bridgehead atoms. The molecule has 0 aliphatic heterocycles. The number of hydrazone groups is 1. The molecule has 154 valence electrons. The Labute approximate surface area is 184 Å². The normalized spacial score (nSPS) is 10.6. The van der Waals surface area contributed by atoms with Gasteiger partial charge in [0.05, 0.1) is 24.3 Å². The van der Waals surface area contributed by atoms with Gasteiger partial charge in [0.1, 0.15) is 6.61 Å². The molecule has 0 aromatic heterocycles. The molecule has 0 saturated heterocycles. The Balaban J connectivity index is 1.57. The maximum atomic E-state index is 11.9. The van der Waals surface area contributed by atoms with Crippen LogP contribution in [0, 0.1) is 0 Å². The molecule has 3 rings (SSSR count). The van der Waals surface area contributed by atoms with Crippen molar-refractivity contribution in [3.63, 3.8) is 0 Å². The Morgan fingerprint density at radius 2 is 1.77 bits per heavy atom. The molecule has 0 spiro atoms. The van der Waals surface area contributed by atoms with Crippen molar-refractivity contribution in [1.82, 2.24) is 5.43 Å². The molecule has 0 fully saturated rings. The third-order valence-electron chi connectivity index (χ3n) is 4.11. The van der Waals surface area contributed by atoms with Gasteiger partial charge in [-0.2, -0.15) is 5.10 Å². The first-order valence-electron chi connectivity index (χ1n) is 9.31. The SMILES string of the molecule is COc1cc(/C=N/NC(=O)CNc2ccccc2)cc(Br)c1OCc1ccccc1. The molecule has 0 aliphatic rings. The van der Waals surface area contributed by atoms with Crippen LogP contribution in [0.25, 0.3) is 0 Å². The van der Waals surface area contributed by atoms with Gasteiger partial charge in [0.25, 0.3) is 5.91 Å². The topological polar surface area (TPSA) is 72.0 Å². The number of amides is 1. The molecule has 7 heteroatoms. The zero-order chi connectivity index (χ0) is 21.2. The van der Waals surface area contributed by atoms with Crippen LogP contribution in [0.3, 0.4) is 0 Å². The monoisotopic (exact) mass is 467 g/mol. The van der Waals surface area contributed by atoms with Crippen LogP contribution in [0.15, 0.2) is 82.4 Å². The van der Waals surface area contributed by atoms with Gasteiger partial charge >= 0.3 is 0 Å². The number of carbonyl (C=O) groups is 1. The molecule has 1 amide bonds. The number of anilines is 1. The summed E-state index contributed by atoms with van der Waals surface area (Å²) in [7, 11) is 1.58. The largest absolute Gasteiger partial charge is 0.493 e. The van der Waals surface area contributed by atoms with E-state index in [1.807, 2.05) is 66.7 Å². The molecule has 0 saturated carbocycles. The summed E-state index contributed by atoms with van der Waals surface area (Å²) in [6.07, 6.45) is 1.55. The molecule has 0 heterocycles. The minimum Gasteiger partial charge on any atom is -0.493 e. The number of hydrogen-bond donors (Lipinski definition) is 2. The number of hydrogen-bond acceptors (Lipinski definition) is 5. The van der Waals surface area contributed by atoms with Gasteiger partial charge in [-0.05, 0) is 51.3 Å². The molecule has 0 radical (unpaired) electrons. The summed E-state index contributed by atoms with van der Waals surface area (Å²) in [5, 5.41) is 7.04. The van der Waals surface area contributed by atoms with Crippen LogP contribution >= 0.6 is 15.9 Å². The van der Waals surface area contributed by atoms with Gasteiger partial charge in [-0.15, -0.1) is 0 Å². The zero-order valence-corrected chi connectivity index (χ0v) is 18.1. The summed E-state index contributed by atoms with van der Waals surface area (Å²) >= 11 is 3.52. The molecule has 3 aromatic carbocycles. The number of benzene rings is 3. The van der Waals surface area contributed by atoms with Crippen LogP contribution in [-0.2, 0) is 11.4 Å². The smallest absolute Gasteiger partial charge is 0.259 e. The minimum atomic E-state index is -0.246. The summed E-state index contributed by atoms with van der Waals surface area (Å²) < 4.78 is 12.1. The number of halogens is 1. The van der Waals surface area contributed by atoms with Gasteiger partial charge in [0.2, 0.25) is 0 Å². The lowest BCUT2D eigenvalue weighted by Crippen LogP contribution is -2.25. The first-order chi connectivity index (χ1) is 14.7. The molecule has 0 atom stereocenters. The van der Waals surface area contributed by atoms with Crippen molar-refractivity contribution in [2.75, 3.05) is 19.0 Å². The molecule has 0 unspecified atom stereocenters. The molecule has 2 N–H and O–H groups in total. The van der Waals surface area contributed by atoms with Gasteiger partial charge < -0.3 is 14.8 Å². The first kappa shape index (κ1) is 21.4. The Bertz CT molecular complexity index is 995. The Kier molecular flexibility index (Phi) is 7.86. The molecule has 3 aromatic rings. The van der Waals surface area contributed by atoms with Crippen LogP contribution in [0.5, 0.6) is 11.5 Å². The van der Waals surface area contributed by atoms with E-state index in [2.05, 4.69) is 31.8 Å². The Morgan fingerprint density at radius 3 is 2.47 bits per heavy atom. The van der Waals surface area contributed by atoms with E-state index in [1.165, 1.54) is 0 Å². The maximum absolute atomic E-state index is 11.9. The number of carbonyl (C=O) groups excluding carboxylic acids is 1. The second-order valence-corrected chi connectivity index (χ2v) is 7.18. The van der Waals surface area contributed by atoms with Crippen LogP contribution in [0.1, 0.15) is 11.1 Å². The summed E-state index contributed by atoms with van der Waals surface area (Å²) in [6, 6.07) is 23.0. The van der Waals surface area contributed by atoms with Gasteiger partial charge in [-0.3, -0.25) is 4.79 Å². The van der Waals surface area contributed by atoms with E-state index in [1.54, 1.807) is 19.4 Å². The van der Waals surface area contributed by atoms with E-state index in [-0.39, 0.29) is 12.5 Å². The number of methoxy groups -OCH3 is 1. The van der Waals surface area contributed by atoms with Gasteiger partial charge in [0, 0.05) is 5.69 Å². The van der Waals surface area contributed by atoms with Crippen molar-refractivity contribution < 1.29 is 14.3 Å². The van der Waals surface area contributed by atoms with Crippen molar-refractivity contribution >= 4 is 33.7 Å². The second-order valence-electron chi connectivity index (χ2n) is 6.32. The summed E-state index contributed by atoms with van der Waals surface area (Å²) in [5.41, 5.74) is 5.18. The summed E-state index contributed by atoms with van der Waals surface area (Å²) in [4.78, 5) is 11.9. The lowest BCUT2D eigenvalue weighted by molar-refractivity contribution is -0.119. The fourth-order valence-electron chi connectivity index (χ4n) is 2.64. The highest BCUT2D eigenvalue weighted by molar-refractivity contribution is 9.10. The van der Waals surface area contributed by atoms with Crippen LogP contribution in [-0.4, -0.2) is 25.8 Å². The lowest BCUT2D eigenvalue weighted by Gasteiger charge is -2.13. The second kappa shape index (κ2) is 11.0. The number of nitrogens with one attached hydrogen (secondary N) is 2. The van der Waals surface area contributed by atoms with E-state index >= 15 is 0 Å². The molecule has 0 aliphatic carbocycles. The third-order valence-corrected chi connectivity index (χ3v) is 4.70. The number of ether oxygens (including phenoxy) is 2. The lowest BCUT2D eigenvalue weighted by atomic mass is 10.2. The third kappa shape index (κ3) is 6.35. The summed E-state index contributed by atoms with van der Waals surface area (Å²) in [6.45, 7) is 0.550. The summed E-state index contributed by atoms with van der Waals surface area (Å²) in [5.74, 6) is 0.928. The van der Waals surface area contributed by atoms with Crippen molar-refractivity contribution in [1.29, 1.82) is 0 Å². The van der Waals surface area contributed by atoms with E-state index < -0.39 is 0 Å². The molecular weight excluding hydrogens is 446 g/mol. The standard InChI is InChI=1S/C23H22BrN3O3/c1-29-21-13-18(12-20(24)23(21)30-16-17-8-4-2-5-9-17)14-26-27-22(28)15-25-19-10-6-3-7-11-19/h2-14,25H,15-16H2,1H3,(H,27,28)/b26-14+. The van der Waals surface area contributed by atoms with Gasteiger partial charge in [-0.25, -0.2) is 5.43 Å². The van der Waals surface area contributed by atoms with Crippen molar-refractivity contribution in [2.24, 2.45) is 5.10 Å². The van der Waals surface area contributed by atoms with Crippen molar-refractivity contribution in [3.8, 4) is 11.5 Å². The van der Waals surface area contributed by atoms with Crippen molar-refractivity contribution in [2.45, 2.75) is 6.61 Å². The Morgan fingerprint density at radius 1 is 1.07 bits per heavy atom. The average molecular weight is 468 g/mol. The highest BCUT2D eigenvalue weighted by Crippen LogP contribution is 2.36. The number of nitrogens with zero attached hydrogens (tertiary/aromatic N) is 1. The predicted octanol–water partition coefficient (Wildman–Crippen LogP) is 4.60. The quantitative estimate of drug-likeness (QED) is 0.356. The molecular formula is C23H22BrN3O3. The van der Waals surface area contributed by atoms with E-state index in [0.29, 0.717) is 18.1 Å². The van der Waals surface area contributed by atoms with E-state index in [4.69, 9.17) is 9.47 Å². The average Bonchev–Trinajstić information content (AvgIpc) is 2.78. The minimum absolute atomic E-state index is 0.126. The van der Waals surface area contributed by atoms with Gasteiger partial charge in [0.15, 0.2) is 11.5 Å². The van der Waals surface area contributed by atoms with E-state index in [9.17, 15) is 4.79 Å². The number of rotatable bonds is 9. The van der Waals surface area contributed by atoms with E-state index in [0.717, 1.165) is 21.3 Å². The fourth-order valence-corrected chi connectivity index (χ4v) is 3.21. The Hall–Kier alpha value is -3.32. The number of para-hydroxylation sites is 1. The predicted molar refractivity (Wildman–Crippen MR) is 122 cm³/mol. The first-order valence-corrected chi connectivity index (χ1v) is 10.1. The highest BCUT2D eigenvalue weighted by atomic mass is 79.9. The molecule has 6 nitrogen and oxygen atoms in total. The van der Waals surface area contributed by atoms with Gasteiger partial charge in [-0.1, -0.05) is 48.5 Å². The fraction of sp³-hybridized carbons (Fsp3) is 0.130. The van der Waals surface area contributed by atoms with Crippen molar-refractivity contribution in [3.05, 3.63) is 88.4 Å². The van der Waals surface area contributed by atoms with Crippen LogP contribution in [0.4, 0.5) is 5.69 Å². The molecule has 30 heavy (non-hydrogen) atoms. The highest BCUT2D eigenvalue weighted by Gasteiger charge is 2.11.